The largest absolute Gasteiger partial charge is 0.380 e. The van der Waals surface area contributed by atoms with E-state index in [1.54, 1.807) is 13.2 Å². The summed E-state index contributed by atoms with van der Waals surface area (Å²) in [6.07, 6.45) is 1.54. The van der Waals surface area contributed by atoms with Gasteiger partial charge < -0.3 is 4.74 Å². The molecule has 0 radical (unpaired) electrons. The van der Waals surface area contributed by atoms with E-state index in [-0.39, 0.29) is 5.28 Å². The van der Waals surface area contributed by atoms with Crippen LogP contribution in [0.5, 0.6) is 0 Å². The van der Waals surface area contributed by atoms with Gasteiger partial charge >= 0.3 is 0 Å². The van der Waals surface area contributed by atoms with E-state index in [1.807, 2.05) is 0 Å². The van der Waals surface area contributed by atoms with Crippen LogP contribution in [0.25, 0.3) is 11.0 Å². The highest BCUT2D eigenvalue weighted by molar-refractivity contribution is 6.30. The minimum atomic E-state index is 0.184. The number of fused-ring (bicyclic) bond motifs is 1. The number of methoxy groups -OCH3 is 1. The van der Waals surface area contributed by atoms with Crippen molar-refractivity contribution in [3.8, 4) is 0 Å². The summed E-state index contributed by atoms with van der Waals surface area (Å²) in [5.74, 6) is 0. The maximum Gasteiger partial charge on any atom is 0.223 e. The van der Waals surface area contributed by atoms with Crippen LogP contribution in [0.4, 0.5) is 0 Å². The van der Waals surface area contributed by atoms with Gasteiger partial charge in [-0.25, -0.2) is 15.0 Å². The fourth-order valence-corrected chi connectivity index (χ4v) is 1.65. The van der Waals surface area contributed by atoms with Gasteiger partial charge in [-0.05, 0) is 17.7 Å². The quantitative estimate of drug-likeness (QED) is 0.601. The summed E-state index contributed by atoms with van der Waals surface area (Å²) in [5, 5.41) is 0.574. The smallest absolute Gasteiger partial charge is 0.223 e. The van der Waals surface area contributed by atoms with Crippen LogP contribution in [0.1, 0.15) is 5.56 Å². The Morgan fingerprint density at radius 1 is 1.33 bits per heavy atom. The molecule has 0 aliphatic rings. The number of rotatable bonds is 2. The van der Waals surface area contributed by atoms with Crippen LogP contribution in [0.2, 0.25) is 10.4 Å². The van der Waals surface area contributed by atoms with E-state index in [0.29, 0.717) is 22.8 Å². The third kappa shape index (κ3) is 2.17. The van der Waals surface area contributed by atoms with Crippen molar-refractivity contribution >= 4 is 34.2 Å². The summed E-state index contributed by atoms with van der Waals surface area (Å²) in [7, 11) is 1.60. The molecule has 0 aromatic carbocycles. The fraction of sp³-hybridized carbons (Fsp3) is 0.222. The van der Waals surface area contributed by atoms with E-state index in [4.69, 9.17) is 27.9 Å². The molecule has 0 unspecified atom stereocenters. The monoisotopic (exact) mass is 243 g/mol. The second-order valence-electron chi connectivity index (χ2n) is 2.91. The van der Waals surface area contributed by atoms with Gasteiger partial charge in [-0.3, -0.25) is 0 Å². The zero-order valence-corrected chi connectivity index (χ0v) is 9.38. The van der Waals surface area contributed by atoms with Crippen LogP contribution in [-0.4, -0.2) is 22.1 Å². The summed E-state index contributed by atoms with van der Waals surface area (Å²) in [6.45, 7) is 0.409. The number of aromatic nitrogens is 3. The maximum atomic E-state index is 5.84. The number of pyridine rings is 1. The Morgan fingerprint density at radius 3 is 2.87 bits per heavy atom. The predicted octanol–water partition coefficient (Wildman–Crippen LogP) is 2.48. The highest BCUT2D eigenvalue weighted by atomic mass is 35.5. The number of nitrogens with zero attached hydrogens (tertiary/aromatic N) is 3. The Labute approximate surface area is 96.2 Å². The molecule has 0 aliphatic carbocycles. The number of ether oxygens (including phenoxy) is 1. The van der Waals surface area contributed by atoms with Crippen molar-refractivity contribution in [3.05, 3.63) is 28.3 Å². The highest BCUT2D eigenvalue weighted by Crippen LogP contribution is 2.20. The molecule has 0 saturated heterocycles. The van der Waals surface area contributed by atoms with Crippen LogP contribution in [-0.2, 0) is 11.3 Å². The zero-order chi connectivity index (χ0) is 10.8. The average Bonchev–Trinajstić information content (AvgIpc) is 2.19. The van der Waals surface area contributed by atoms with Gasteiger partial charge in [-0.2, -0.15) is 0 Å². The van der Waals surface area contributed by atoms with Crippen LogP contribution in [0.3, 0.4) is 0 Å². The third-order valence-corrected chi connectivity index (χ3v) is 2.24. The lowest BCUT2D eigenvalue weighted by atomic mass is 10.2. The molecular weight excluding hydrogens is 237 g/mol. The molecule has 0 fully saturated rings. The summed E-state index contributed by atoms with van der Waals surface area (Å²) in [5.41, 5.74) is 2.12. The van der Waals surface area contributed by atoms with E-state index in [1.165, 1.54) is 6.20 Å². The SMILES string of the molecule is COCc1cc(Cl)nc2cnc(Cl)nc12. The molecule has 0 N–H and O–H groups in total. The molecule has 0 spiro atoms. The Bertz CT molecular complexity index is 504. The van der Waals surface area contributed by atoms with Crippen molar-refractivity contribution in [2.24, 2.45) is 0 Å². The van der Waals surface area contributed by atoms with Gasteiger partial charge in [0.15, 0.2) is 0 Å². The lowest BCUT2D eigenvalue weighted by molar-refractivity contribution is 0.186. The molecule has 0 atom stereocenters. The van der Waals surface area contributed by atoms with Crippen molar-refractivity contribution in [2.45, 2.75) is 6.61 Å². The fourth-order valence-electron chi connectivity index (χ4n) is 1.30. The standard InChI is InChI=1S/C9H7Cl2N3O/c1-15-4-5-2-7(10)13-6-3-12-9(11)14-8(5)6/h2-3H,4H2,1H3. The molecular formula is C9H7Cl2N3O. The van der Waals surface area contributed by atoms with Crippen LogP contribution in [0.15, 0.2) is 12.3 Å². The molecule has 0 saturated carbocycles. The first kappa shape index (κ1) is 10.5. The second kappa shape index (κ2) is 4.26. The Hall–Kier alpha value is -0.970. The minimum absolute atomic E-state index is 0.184. The van der Waals surface area contributed by atoms with E-state index in [2.05, 4.69) is 15.0 Å². The molecule has 15 heavy (non-hydrogen) atoms. The van der Waals surface area contributed by atoms with E-state index in [0.717, 1.165) is 5.56 Å². The zero-order valence-electron chi connectivity index (χ0n) is 7.87. The van der Waals surface area contributed by atoms with Crippen molar-refractivity contribution in [1.29, 1.82) is 0 Å². The Balaban J connectivity index is 2.70. The average molecular weight is 244 g/mol. The summed E-state index contributed by atoms with van der Waals surface area (Å²) in [6, 6.07) is 1.71. The van der Waals surface area contributed by atoms with Gasteiger partial charge in [0.25, 0.3) is 0 Å². The van der Waals surface area contributed by atoms with Crippen molar-refractivity contribution < 1.29 is 4.74 Å². The first-order chi connectivity index (χ1) is 7.20. The molecule has 4 nitrogen and oxygen atoms in total. The first-order valence-electron chi connectivity index (χ1n) is 4.17. The predicted molar refractivity (Wildman–Crippen MR) is 58.1 cm³/mol. The molecule has 6 heteroatoms. The van der Waals surface area contributed by atoms with Crippen LogP contribution < -0.4 is 0 Å². The molecule has 2 aromatic rings. The summed E-state index contributed by atoms with van der Waals surface area (Å²) < 4.78 is 5.04. The first-order valence-corrected chi connectivity index (χ1v) is 4.93. The number of halogens is 2. The second-order valence-corrected chi connectivity index (χ2v) is 3.64. The lowest BCUT2D eigenvalue weighted by Crippen LogP contribution is -1.95. The minimum Gasteiger partial charge on any atom is -0.380 e. The maximum absolute atomic E-state index is 5.84. The Morgan fingerprint density at radius 2 is 2.13 bits per heavy atom. The highest BCUT2D eigenvalue weighted by Gasteiger charge is 2.07. The Kier molecular flexibility index (Phi) is 3.00. The topological polar surface area (TPSA) is 47.9 Å². The molecule has 78 valence electrons. The van der Waals surface area contributed by atoms with Gasteiger partial charge in [0.05, 0.1) is 18.3 Å². The van der Waals surface area contributed by atoms with Crippen LogP contribution in [0, 0.1) is 0 Å². The molecule has 2 heterocycles. The van der Waals surface area contributed by atoms with Gasteiger partial charge in [0.2, 0.25) is 5.28 Å². The number of hydrogen-bond acceptors (Lipinski definition) is 4. The molecule has 0 bridgehead atoms. The normalized spacial score (nSPS) is 10.9. The third-order valence-electron chi connectivity index (χ3n) is 1.86. The van der Waals surface area contributed by atoms with Gasteiger partial charge in [0, 0.05) is 12.7 Å². The molecule has 2 rings (SSSR count). The molecule has 0 amide bonds. The van der Waals surface area contributed by atoms with E-state index < -0.39 is 0 Å². The van der Waals surface area contributed by atoms with Crippen molar-refractivity contribution in [1.82, 2.24) is 15.0 Å². The number of hydrogen-bond donors (Lipinski definition) is 0. The van der Waals surface area contributed by atoms with Crippen LogP contribution >= 0.6 is 23.2 Å². The van der Waals surface area contributed by atoms with E-state index in [9.17, 15) is 0 Å². The van der Waals surface area contributed by atoms with Gasteiger partial charge in [-0.1, -0.05) is 11.6 Å². The van der Waals surface area contributed by atoms with Gasteiger partial charge in [0.1, 0.15) is 10.7 Å². The lowest BCUT2D eigenvalue weighted by Gasteiger charge is -2.04. The van der Waals surface area contributed by atoms with Crippen molar-refractivity contribution in [3.63, 3.8) is 0 Å². The summed E-state index contributed by atoms with van der Waals surface area (Å²) in [4.78, 5) is 12.0. The van der Waals surface area contributed by atoms with E-state index >= 15 is 0 Å². The molecule has 2 aromatic heterocycles. The summed E-state index contributed by atoms with van der Waals surface area (Å²) >= 11 is 11.6. The molecule has 0 aliphatic heterocycles. The van der Waals surface area contributed by atoms with Gasteiger partial charge in [-0.15, -0.1) is 0 Å². The van der Waals surface area contributed by atoms with Crippen molar-refractivity contribution in [2.75, 3.05) is 7.11 Å².